The molecule has 0 saturated heterocycles. The molecule has 1 aliphatic rings. The maximum atomic E-state index is 12.9. The molecule has 2 N–H and O–H groups in total. The number of alkyl halides is 1. The van der Waals surface area contributed by atoms with Crippen LogP contribution in [0.15, 0.2) is 0 Å². The van der Waals surface area contributed by atoms with Gasteiger partial charge in [0.25, 0.3) is 0 Å². The Morgan fingerprint density at radius 1 is 1.50 bits per heavy atom. The van der Waals surface area contributed by atoms with E-state index in [0.29, 0.717) is 5.92 Å². The Balaban J connectivity index is 1.99. The van der Waals surface area contributed by atoms with Gasteiger partial charge in [-0.3, -0.25) is 0 Å². The van der Waals surface area contributed by atoms with Crippen molar-refractivity contribution in [1.29, 1.82) is 0 Å². The van der Waals surface area contributed by atoms with Crippen molar-refractivity contribution in [3.63, 3.8) is 0 Å². The molecule has 1 aliphatic carbocycles. The maximum Gasteiger partial charge on any atom is 0.155 e. The Kier molecular flexibility index (Phi) is 5.59. The van der Waals surface area contributed by atoms with Gasteiger partial charge in [0.15, 0.2) is 11.1 Å². The van der Waals surface area contributed by atoms with Crippen LogP contribution in [0.5, 0.6) is 0 Å². The van der Waals surface area contributed by atoms with Gasteiger partial charge in [0.2, 0.25) is 0 Å². The minimum atomic E-state index is -2.02. The van der Waals surface area contributed by atoms with Crippen molar-refractivity contribution in [1.82, 2.24) is 5.32 Å². The summed E-state index contributed by atoms with van der Waals surface area (Å²) in [5, 5.41) is 3.01. The fraction of sp³-hybridized carbons (Fsp3) is 1.00. The summed E-state index contributed by atoms with van der Waals surface area (Å²) in [6.45, 7) is 1.04. The zero-order valence-corrected chi connectivity index (χ0v) is 9.06. The molecule has 1 saturated carbocycles. The lowest BCUT2D eigenvalue weighted by Gasteiger charge is -2.11. The predicted molar refractivity (Wildman–Crippen MR) is 55.4 cm³/mol. The van der Waals surface area contributed by atoms with Crippen LogP contribution >= 0.6 is 0 Å². The molecule has 0 bridgehead atoms. The molecule has 0 aliphatic heterocycles. The van der Waals surface area contributed by atoms with Gasteiger partial charge in [0.05, 0.1) is 5.75 Å². The molecule has 0 aromatic rings. The molecule has 2 atom stereocenters. The Hall–Kier alpha value is -0.0000000000000000486. The van der Waals surface area contributed by atoms with Crippen molar-refractivity contribution >= 4 is 11.1 Å². The lowest BCUT2D eigenvalue weighted by Crippen LogP contribution is -2.30. The number of rotatable bonds is 6. The minimum Gasteiger partial charge on any atom is -0.314 e. The van der Waals surface area contributed by atoms with Crippen LogP contribution in [0.25, 0.3) is 0 Å². The van der Waals surface area contributed by atoms with Crippen LogP contribution in [0, 0.1) is 5.92 Å². The highest BCUT2D eigenvalue weighted by molar-refractivity contribution is 7.79. The lowest BCUT2D eigenvalue weighted by molar-refractivity contribution is 0.334. The summed E-state index contributed by atoms with van der Waals surface area (Å²) in [4.78, 5) is 0. The van der Waals surface area contributed by atoms with Gasteiger partial charge in [-0.05, 0) is 25.3 Å². The first-order valence-corrected chi connectivity index (χ1v) is 6.38. The molecular formula is C9H18FNO2S. The highest BCUT2D eigenvalue weighted by Gasteiger charge is 2.15. The number of halogens is 1. The smallest absolute Gasteiger partial charge is 0.155 e. The van der Waals surface area contributed by atoms with E-state index in [0.717, 1.165) is 6.54 Å². The van der Waals surface area contributed by atoms with Gasteiger partial charge < -0.3 is 9.87 Å². The van der Waals surface area contributed by atoms with E-state index in [-0.39, 0.29) is 12.3 Å². The van der Waals surface area contributed by atoms with Crippen LogP contribution < -0.4 is 5.32 Å². The van der Waals surface area contributed by atoms with Crippen LogP contribution in [0.4, 0.5) is 4.39 Å². The summed E-state index contributed by atoms with van der Waals surface area (Å²) in [5.74, 6) is 0.402. The molecular weight excluding hydrogens is 205 g/mol. The average Bonchev–Trinajstić information content (AvgIpc) is 2.55. The molecule has 3 nitrogen and oxygen atoms in total. The highest BCUT2D eigenvalue weighted by atomic mass is 32.2. The summed E-state index contributed by atoms with van der Waals surface area (Å²) in [6.07, 6.45) is 3.83. The number of nitrogens with one attached hydrogen (secondary N) is 1. The summed E-state index contributed by atoms with van der Waals surface area (Å²) >= 11 is -2.02. The Morgan fingerprint density at radius 3 is 2.71 bits per heavy atom. The molecule has 2 unspecified atom stereocenters. The van der Waals surface area contributed by atoms with Gasteiger partial charge in [-0.1, -0.05) is 12.8 Å². The SMILES string of the molecule is O=S(O)CC(F)CNCC1CCCC1. The molecule has 84 valence electrons. The van der Waals surface area contributed by atoms with Crippen LogP contribution in [0.1, 0.15) is 25.7 Å². The highest BCUT2D eigenvalue weighted by Crippen LogP contribution is 2.23. The van der Waals surface area contributed by atoms with Gasteiger partial charge in [-0.15, -0.1) is 0 Å². The summed E-state index contributed by atoms with van der Waals surface area (Å²) in [5.41, 5.74) is 0. The van der Waals surface area contributed by atoms with Crippen molar-refractivity contribution in [3.8, 4) is 0 Å². The first kappa shape index (κ1) is 12.1. The molecule has 5 heteroatoms. The molecule has 0 amide bonds. The summed E-state index contributed by atoms with van der Waals surface area (Å²) in [7, 11) is 0. The molecule has 0 heterocycles. The van der Waals surface area contributed by atoms with Gasteiger partial charge >= 0.3 is 0 Å². The number of hydrogen-bond acceptors (Lipinski definition) is 2. The third kappa shape index (κ3) is 5.02. The second kappa shape index (κ2) is 6.48. The summed E-state index contributed by atoms with van der Waals surface area (Å²) < 4.78 is 31.6. The minimum absolute atomic E-state index is 0.197. The van der Waals surface area contributed by atoms with E-state index in [1.54, 1.807) is 0 Å². The fourth-order valence-electron chi connectivity index (χ4n) is 1.87. The molecule has 0 aromatic heterocycles. The molecule has 0 aromatic carbocycles. The molecule has 14 heavy (non-hydrogen) atoms. The van der Waals surface area contributed by atoms with Crippen LogP contribution in [0.3, 0.4) is 0 Å². The molecule has 0 spiro atoms. The van der Waals surface area contributed by atoms with Gasteiger partial charge in [0, 0.05) is 6.54 Å². The normalized spacial score (nSPS) is 22.4. The van der Waals surface area contributed by atoms with E-state index in [2.05, 4.69) is 5.32 Å². The number of hydrogen-bond donors (Lipinski definition) is 2. The average molecular weight is 223 g/mol. The molecule has 1 fully saturated rings. The van der Waals surface area contributed by atoms with Gasteiger partial charge in [-0.25, -0.2) is 8.60 Å². The van der Waals surface area contributed by atoms with E-state index in [1.807, 2.05) is 0 Å². The molecule has 1 rings (SSSR count). The largest absolute Gasteiger partial charge is 0.314 e. The van der Waals surface area contributed by atoms with E-state index < -0.39 is 17.3 Å². The Bertz CT molecular complexity index is 186. The zero-order chi connectivity index (χ0) is 10.4. The fourth-order valence-corrected chi connectivity index (χ4v) is 2.30. The predicted octanol–water partition coefficient (Wildman–Crippen LogP) is 1.33. The summed E-state index contributed by atoms with van der Waals surface area (Å²) in [6, 6.07) is 0. The maximum absolute atomic E-state index is 12.9. The monoisotopic (exact) mass is 223 g/mol. The quantitative estimate of drug-likeness (QED) is 0.668. The van der Waals surface area contributed by atoms with Crippen LogP contribution in [-0.4, -0.2) is 33.8 Å². The van der Waals surface area contributed by atoms with Crippen molar-refractivity contribution in [3.05, 3.63) is 0 Å². The zero-order valence-electron chi connectivity index (χ0n) is 8.25. The van der Waals surface area contributed by atoms with Crippen LogP contribution in [0.2, 0.25) is 0 Å². The second-order valence-corrected chi connectivity index (χ2v) is 4.87. The van der Waals surface area contributed by atoms with E-state index in [4.69, 9.17) is 4.55 Å². The second-order valence-electron chi connectivity index (χ2n) is 3.89. The van der Waals surface area contributed by atoms with Crippen LogP contribution in [-0.2, 0) is 11.1 Å². The standard InChI is InChI=1S/C9H18FNO2S/c10-9(7-14(12)13)6-11-5-8-3-1-2-4-8/h8-9,11H,1-7H2,(H,12,13). The third-order valence-electron chi connectivity index (χ3n) is 2.60. The van der Waals surface area contributed by atoms with Crippen molar-refractivity contribution in [2.45, 2.75) is 31.9 Å². The third-order valence-corrected chi connectivity index (χ3v) is 3.24. The first-order chi connectivity index (χ1) is 6.68. The van der Waals surface area contributed by atoms with E-state index in [1.165, 1.54) is 25.7 Å². The molecule has 0 radical (unpaired) electrons. The van der Waals surface area contributed by atoms with Crippen molar-refractivity contribution in [2.75, 3.05) is 18.8 Å². The Labute approximate surface area is 86.7 Å². The van der Waals surface area contributed by atoms with E-state index in [9.17, 15) is 8.60 Å². The Morgan fingerprint density at radius 2 is 2.14 bits per heavy atom. The first-order valence-electron chi connectivity index (χ1n) is 5.10. The topological polar surface area (TPSA) is 49.3 Å². The van der Waals surface area contributed by atoms with Gasteiger partial charge in [-0.2, -0.15) is 0 Å². The lowest BCUT2D eigenvalue weighted by atomic mass is 10.1. The van der Waals surface area contributed by atoms with E-state index >= 15 is 0 Å². The van der Waals surface area contributed by atoms with Gasteiger partial charge in [0.1, 0.15) is 6.17 Å². The van der Waals surface area contributed by atoms with Crippen molar-refractivity contribution in [2.24, 2.45) is 5.92 Å². The van der Waals surface area contributed by atoms with Crippen molar-refractivity contribution < 1.29 is 13.2 Å².